The molecule has 4 aliphatic carbocycles. The van der Waals surface area contributed by atoms with Crippen molar-refractivity contribution in [3.05, 3.63) is 42.5 Å². The molecule has 168 valence electrons. The molecule has 5 aliphatic rings. The second-order valence-electron chi connectivity index (χ2n) is 10.7. The van der Waals surface area contributed by atoms with Crippen molar-refractivity contribution in [2.24, 2.45) is 29.1 Å². The number of nitrogens with one attached hydrogen (secondary N) is 1. The number of hydrogen-bond acceptors (Lipinski definition) is 3. The first-order valence-corrected chi connectivity index (χ1v) is 13.4. The normalized spacial score (nSPS) is 38.8. The maximum atomic E-state index is 13.4. The molecule has 1 aliphatic heterocycles. The fraction of sp³-hybridized carbons (Fsp3) is 0.560. The largest absolute Gasteiger partial charge is 0.352 e. The van der Waals surface area contributed by atoms with Crippen molar-refractivity contribution in [1.82, 2.24) is 9.62 Å². The molecule has 7 rings (SSSR count). The minimum Gasteiger partial charge on any atom is -0.352 e. The van der Waals surface area contributed by atoms with Crippen molar-refractivity contribution in [3.8, 4) is 0 Å². The first-order chi connectivity index (χ1) is 15.5. The van der Waals surface area contributed by atoms with E-state index >= 15 is 0 Å². The van der Waals surface area contributed by atoms with Crippen LogP contribution < -0.4 is 9.62 Å². The van der Waals surface area contributed by atoms with E-state index in [0.717, 1.165) is 22.6 Å². The number of anilines is 1. The zero-order chi connectivity index (χ0) is 21.7. The molecule has 4 saturated carbocycles. The van der Waals surface area contributed by atoms with Crippen molar-refractivity contribution in [2.75, 3.05) is 23.9 Å². The average molecular weight is 452 g/mol. The Labute approximate surface area is 189 Å². The molecule has 1 heterocycles. The van der Waals surface area contributed by atoms with Crippen molar-refractivity contribution in [1.29, 1.82) is 0 Å². The van der Waals surface area contributed by atoms with Gasteiger partial charge in [0.05, 0.1) is 12.2 Å². The van der Waals surface area contributed by atoms with Crippen LogP contribution in [-0.2, 0) is 15.0 Å². The third-order valence-corrected chi connectivity index (χ3v) is 11.4. The summed E-state index contributed by atoms with van der Waals surface area (Å²) in [6.45, 7) is 0.754. The number of amides is 1. The van der Waals surface area contributed by atoms with Gasteiger partial charge in [-0.3, -0.25) is 9.10 Å². The summed E-state index contributed by atoms with van der Waals surface area (Å²) in [7, 11) is -3.73. The van der Waals surface area contributed by atoms with Gasteiger partial charge in [-0.05, 0) is 84.1 Å². The Morgan fingerprint density at radius 3 is 2.69 bits per heavy atom. The topological polar surface area (TPSA) is 69.7 Å². The predicted octanol–water partition coefficient (Wildman–Crippen LogP) is 3.15. The monoisotopic (exact) mass is 451 g/mol. The van der Waals surface area contributed by atoms with E-state index in [2.05, 4.69) is 5.32 Å². The second-order valence-corrected chi connectivity index (χ2v) is 12.5. The molecule has 0 aromatic heterocycles. The molecule has 2 aromatic carbocycles. The fourth-order valence-corrected chi connectivity index (χ4v) is 9.89. The fourth-order valence-electron chi connectivity index (χ4n) is 8.23. The molecule has 1 N–H and O–H groups in total. The van der Waals surface area contributed by atoms with Crippen molar-refractivity contribution in [3.63, 3.8) is 0 Å². The molecule has 1 amide bonds. The van der Waals surface area contributed by atoms with Crippen LogP contribution >= 0.6 is 0 Å². The van der Waals surface area contributed by atoms with Crippen LogP contribution in [0.4, 0.5) is 5.69 Å². The second kappa shape index (κ2) is 6.48. The quantitative estimate of drug-likeness (QED) is 0.776. The van der Waals surface area contributed by atoms with E-state index in [4.69, 9.17) is 0 Å². The van der Waals surface area contributed by atoms with Crippen LogP contribution in [0, 0.1) is 29.1 Å². The Morgan fingerprint density at radius 2 is 1.84 bits per heavy atom. The first-order valence-electron chi connectivity index (χ1n) is 12.0. The van der Waals surface area contributed by atoms with E-state index in [1.165, 1.54) is 34.3 Å². The summed E-state index contributed by atoms with van der Waals surface area (Å²) in [5.74, 6) is 2.92. The molecular weight excluding hydrogens is 422 g/mol. The van der Waals surface area contributed by atoms with Gasteiger partial charge in [-0.25, -0.2) is 0 Å². The molecule has 1 saturated heterocycles. The predicted molar refractivity (Wildman–Crippen MR) is 123 cm³/mol. The van der Waals surface area contributed by atoms with Crippen LogP contribution in [0.5, 0.6) is 0 Å². The summed E-state index contributed by atoms with van der Waals surface area (Å²) < 4.78 is 29.6. The lowest BCUT2D eigenvalue weighted by Gasteiger charge is -2.70. The van der Waals surface area contributed by atoms with Crippen LogP contribution in [0.1, 0.15) is 32.1 Å². The van der Waals surface area contributed by atoms with Crippen LogP contribution in [0.3, 0.4) is 0 Å². The van der Waals surface area contributed by atoms with Crippen LogP contribution in [0.2, 0.25) is 0 Å². The lowest BCUT2D eigenvalue weighted by molar-refractivity contribution is -0.203. The molecule has 2 bridgehead atoms. The Balaban J connectivity index is 1.07. The summed E-state index contributed by atoms with van der Waals surface area (Å²) in [5, 5.41) is 5.35. The highest BCUT2D eigenvalue weighted by Gasteiger charge is 2.77. The van der Waals surface area contributed by atoms with Gasteiger partial charge in [0.2, 0.25) is 5.91 Å². The molecular formula is C25H29N3O3S. The molecule has 6 nitrogen and oxygen atoms in total. The molecule has 7 heteroatoms. The summed E-state index contributed by atoms with van der Waals surface area (Å²) in [5.41, 5.74) is 1.21. The lowest BCUT2D eigenvalue weighted by atomic mass is 9.36. The number of rotatable bonds is 4. The van der Waals surface area contributed by atoms with Gasteiger partial charge in [0.25, 0.3) is 0 Å². The molecule has 5 fully saturated rings. The van der Waals surface area contributed by atoms with Crippen LogP contribution in [0.25, 0.3) is 10.8 Å². The lowest BCUT2D eigenvalue weighted by Crippen LogP contribution is -2.73. The van der Waals surface area contributed by atoms with Crippen LogP contribution in [-0.4, -0.2) is 44.3 Å². The Morgan fingerprint density at radius 1 is 1.03 bits per heavy atom. The molecule has 6 atom stereocenters. The van der Waals surface area contributed by atoms with Crippen molar-refractivity contribution in [2.45, 2.75) is 38.1 Å². The van der Waals surface area contributed by atoms with E-state index in [-0.39, 0.29) is 18.5 Å². The smallest absolute Gasteiger partial charge is 0.304 e. The van der Waals surface area contributed by atoms with Gasteiger partial charge in [-0.15, -0.1) is 0 Å². The van der Waals surface area contributed by atoms with Crippen molar-refractivity contribution >= 4 is 32.6 Å². The number of carbonyl (C=O) groups excluding carboxylic acids is 1. The SMILES string of the molecule is O=C(CN1CCCN(c2ccc3ccccc3c2)S1(=O)=O)NC1C2CC3CC4CC1C42C3. The summed E-state index contributed by atoms with van der Waals surface area (Å²) in [6.07, 6.45) is 6.01. The third-order valence-electron chi connectivity index (χ3n) is 9.44. The van der Waals surface area contributed by atoms with E-state index in [1.807, 2.05) is 42.5 Å². The van der Waals surface area contributed by atoms with Gasteiger partial charge >= 0.3 is 10.2 Å². The molecule has 1 spiro atoms. The third kappa shape index (κ3) is 2.44. The summed E-state index contributed by atoms with van der Waals surface area (Å²) in [4.78, 5) is 12.9. The van der Waals surface area contributed by atoms with E-state index < -0.39 is 10.2 Å². The Hall–Kier alpha value is -2.12. The summed E-state index contributed by atoms with van der Waals surface area (Å²) in [6, 6.07) is 14.0. The zero-order valence-corrected chi connectivity index (χ0v) is 18.9. The highest BCUT2D eigenvalue weighted by Crippen LogP contribution is 2.81. The molecule has 0 radical (unpaired) electrons. The molecule has 6 unspecified atom stereocenters. The van der Waals surface area contributed by atoms with Gasteiger partial charge in [-0.2, -0.15) is 12.7 Å². The maximum absolute atomic E-state index is 13.4. The number of benzene rings is 2. The highest BCUT2D eigenvalue weighted by atomic mass is 32.2. The highest BCUT2D eigenvalue weighted by molar-refractivity contribution is 7.90. The van der Waals surface area contributed by atoms with Gasteiger partial charge < -0.3 is 5.32 Å². The number of hydrogen-bond donors (Lipinski definition) is 1. The first kappa shape index (κ1) is 19.4. The zero-order valence-electron chi connectivity index (χ0n) is 18.1. The number of carbonyl (C=O) groups is 1. The van der Waals surface area contributed by atoms with Gasteiger partial charge in [0, 0.05) is 19.1 Å². The molecule has 32 heavy (non-hydrogen) atoms. The average Bonchev–Trinajstić information content (AvgIpc) is 3.29. The van der Waals surface area contributed by atoms with Gasteiger partial charge in [0.15, 0.2) is 0 Å². The minimum atomic E-state index is -3.73. The Bertz CT molecular complexity index is 1230. The standard InChI is InChI=1S/C25H29N3O3S/c29-23(26-24-21-11-16-10-19-13-22(24)25(19,21)14-16)15-27-8-3-9-28(32(27,30)31)20-7-6-17-4-1-2-5-18(17)12-20/h1-2,4-7,12,16,19,21-22,24H,3,8-11,13-15H2,(H,26,29). The van der Waals surface area contributed by atoms with E-state index in [9.17, 15) is 13.2 Å². The molecule has 2 aromatic rings. The van der Waals surface area contributed by atoms with Gasteiger partial charge in [-0.1, -0.05) is 30.3 Å². The van der Waals surface area contributed by atoms with E-state index in [1.54, 1.807) is 0 Å². The maximum Gasteiger partial charge on any atom is 0.304 e. The van der Waals surface area contributed by atoms with Gasteiger partial charge in [0.1, 0.15) is 0 Å². The Kier molecular flexibility index (Phi) is 3.92. The summed E-state index contributed by atoms with van der Waals surface area (Å²) >= 11 is 0. The minimum absolute atomic E-state index is 0.0811. The van der Waals surface area contributed by atoms with Crippen LogP contribution in [0.15, 0.2) is 42.5 Å². The van der Waals surface area contributed by atoms with Crippen molar-refractivity contribution < 1.29 is 13.2 Å². The van der Waals surface area contributed by atoms with E-state index in [0.29, 0.717) is 42.4 Å². The number of fused-ring (bicyclic) bond motifs is 2. The number of nitrogens with zero attached hydrogens (tertiary/aromatic N) is 2.